The number of thiocarbonyl (C=S) groups is 1. The number of pyridine rings is 1. The van der Waals surface area contributed by atoms with Crippen LogP contribution in [0.4, 0.5) is 17.3 Å². The molecule has 216 valence electrons. The molecule has 2 fully saturated rings. The molecule has 2 aliphatic rings. The van der Waals surface area contributed by atoms with E-state index in [1.165, 1.54) is 6.08 Å². The molecule has 0 radical (unpaired) electrons. The molecule has 0 bridgehead atoms. The molecule has 4 heterocycles. The van der Waals surface area contributed by atoms with E-state index in [9.17, 15) is 9.59 Å². The average molecular weight is 576 g/mol. The Morgan fingerprint density at radius 1 is 0.976 bits per heavy atom. The van der Waals surface area contributed by atoms with Gasteiger partial charge in [0.05, 0.1) is 0 Å². The summed E-state index contributed by atoms with van der Waals surface area (Å²) in [4.78, 5) is 44.5. The van der Waals surface area contributed by atoms with E-state index in [4.69, 9.17) is 17.2 Å². The summed E-state index contributed by atoms with van der Waals surface area (Å²) in [6.45, 7) is 11.2. The first-order valence-electron chi connectivity index (χ1n) is 13.9. The Hall–Kier alpha value is -4.03. The minimum atomic E-state index is -0.0987. The number of fused-ring (bicyclic) bond motifs is 1. The van der Waals surface area contributed by atoms with Gasteiger partial charge in [-0.3, -0.25) is 19.1 Å². The van der Waals surface area contributed by atoms with Crippen LogP contribution in [-0.4, -0.2) is 118 Å². The maximum atomic E-state index is 12.8. The minimum Gasteiger partial charge on any atom is -0.368 e. The van der Waals surface area contributed by atoms with Crippen LogP contribution < -0.4 is 15.8 Å². The molecule has 2 saturated heterocycles. The third kappa shape index (κ3) is 6.66. The van der Waals surface area contributed by atoms with Crippen LogP contribution in [0, 0.1) is 0 Å². The van der Waals surface area contributed by atoms with E-state index in [2.05, 4.69) is 43.7 Å². The lowest BCUT2D eigenvalue weighted by atomic mass is 10.2. The van der Waals surface area contributed by atoms with Crippen molar-refractivity contribution in [2.24, 2.45) is 0 Å². The maximum absolute atomic E-state index is 12.8. The largest absolute Gasteiger partial charge is 0.368 e. The summed E-state index contributed by atoms with van der Waals surface area (Å²) in [5.74, 6) is 0.400. The molecular formula is C29H37N9O2S. The standard InChI is InChI=1S/C29H37N9O2S/c1-4-25(39)36-14-11-34(12-15-36)13-20-38-26(40)10-5-22-21-30-28(32-27(22)38)31-23-6-8-24(9-7-23)35-16-18-37(19-17-35)29(41)33(2)3/h4-10,21H,1,11-20H2,2-3H3,(H,30,31,32). The molecule has 0 atom stereocenters. The molecule has 41 heavy (non-hydrogen) atoms. The van der Waals surface area contributed by atoms with Gasteiger partial charge < -0.3 is 24.9 Å². The number of nitrogens with zero attached hydrogens (tertiary/aromatic N) is 8. The van der Waals surface area contributed by atoms with Gasteiger partial charge in [0.2, 0.25) is 11.9 Å². The molecular weight excluding hydrogens is 538 g/mol. The SMILES string of the molecule is C=CC(=O)N1CCN(CCn2c(=O)ccc3cnc(Nc4ccc(N5CCN(C(=S)N(C)C)CC5)cc4)nc32)CC1. The van der Waals surface area contributed by atoms with E-state index in [1.807, 2.05) is 31.1 Å². The highest BCUT2D eigenvalue weighted by atomic mass is 32.1. The summed E-state index contributed by atoms with van der Waals surface area (Å²) in [5.41, 5.74) is 2.53. The number of benzene rings is 1. The van der Waals surface area contributed by atoms with E-state index in [-0.39, 0.29) is 11.5 Å². The molecule has 2 aliphatic heterocycles. The van der Waals surface area contributed by atoms with Crippen LogP contribution >= 0.6 is 12.2 Å². The van der Waals surface area contributed by atoms with Crippen LogP contribution in [0.1, 0.15) is 0 Å². The van der Waals surface area contributed by atoms with Gasteiger partial charge in [-0.15, -0.1) is 0 Å². The predicted molar refractivity (Wildman–Crippen MR) is 167 cm³/mol. The van der Waals surface area contributed by atoms with Crippen LogP contribution in [0.5, 0.6) is 0 Å². The van der Waals surface area contributed by atoms with Gasteiger partial charge in [0.15, 0.2) is 5.11 Å². The first kappa shape index (κ1) is 28.5. The van der Waals surface area contributed by atoms with Crippen molar-refractivity contribution in [1.29, 1.82) is 0 Å². The zero-order valence-electron chi connectivity index (χ0n) is 23.7. The van der Waals surface area contributed by atoms with Gasteiger partial charge in [-0.25, -0.2) is 4.98 Å². The summed E-state index contributed by atoms with van der Waals surface area (Å²) in [6, 6.07) is 11.6. The molecule has 0 unspecified atom stereocenters. The predicted octanol–water partition coefficient (Wildman–Crippen LogP) is 1.83. The van der Waals surface area contributed by atoms with Crippen molar-refractivity contribution in [3.05, 3.63) is 65.6 Å². The Balaban J connectivity index is 1.22. The van der Waals surface area contributed by atoms with Crippen molar-refractivity contribution >= 4 is 51.6 Å². The van der Waals surface area contributed by atoms with Gasteiger partial charge in [0.1, 0.15) is 5.65 Å². The monoisotopic (exact) mass is 575 g/mol. The fourth-order valence-corrected chi connectivity index (χ4v) is 5.42. The van der Waals surface area contributed by atoms with Gasteiger partial charge in [-0.05, 0) is 48.6 Å². The fourth-order valence-electron chi connectivity index (χ4n) is 5.23. The number of carbonyl (C=O) groups excluding carboxylic acids is 1. The van der Waals surface area contributed by atoms with E-state index in [0.29, 0.717) is 37.8 Å². The highest BCUT2D eigenvalue weighted by Gasteiger charge is 2.21. The maximum Gasteiger partial charge on any atom is 0.252 e. The molecule has 11 nitrogen and oxygen atoms in total. The number of rotatable bonds is 7. The second-order valence-electron chi connectivity index (χ2n) is 10.5. The van der Waals surface area contributed by atoms with Gasteiger partial charge in [0.25, 0.3) is 5.56 Å². The average Bonchev–Trinajstić information content (AvgIpc) is 3.00. The number of hydrogen-bond acceptors (Lipinski definition) is 8. The van der Waals surface area contributed by atoms with E-state index in [0.717, 1.165) is 61.1 Å². The molecule has 0 saturated carbocycles. The third-order valence-corrected chi connectivity index (χ3v) is 8.27. The van der Waals surface area contributed by atoms with Gasteiger partial charge >= 0.3 is 0 Å². The number of anilines is 3. The van der Waals surface area contributed by atoms with Crippen molar-refractivity contribution in [2.75, 3.05) is 83.2 Å². The summed E-state index contributed by atoms with van der Waals surface area (Å²) < 4.78 is 1.70. The Bertz CT molecular complexity index is 1460. The van der Waals surface area contributed by atoms with Crippen molar-refractivity contribution in [2.45, 2.75) is 6.54 Å². The molecule has 1 N–H and O–H groups in total. The van der Waals surface area contributed by atoms with Crippen LogP contribution in [0.3, 0.4) is 0 Å². The summed E-state index contributed by atoms with van der Waals surface area (Å²) in [7, 11) is 3.97. The van der Waals surface area contributed by atoms with Crippen molar-refractivity contribution in [3.63, 3.8) is 0 Å². The Kier molecular flexibility index (Phi) is 8.79. The molecule has 3 aromatic rings. The highest BCUT2D eigenvalue weighted by molar-refractivity contribution is 7.80. The van der Waals surface area contributed by atoms with Crippen LogP contribution in [0.2, 0.25) is 0 Å². The van der Waals surface area contributed by atoms with E-state index < -0.39 is 0 Å². The Morgan fingerprint density at radius 2 is 1.66 bits per heavy atom. The lowest BCUT2D eigenvalue weighted by Gasteiger charge is -2.38. The molecule has 5 rings (SSSR count). The van der Waals surface area contributed by atoms with Crippen molar-refractivity contribution in [1.82, 2.24) is 34.1 Å². The Morgan fingerprint density at radius 3 is 2.32 bits per heavy atom. The van der Waals surface area contributed by atoms with Gasteiger partial charge in [-0.2, -0.15) is 4.98 Å². The summed E-state index contributed by atoms with van der Waals surface area (Å²) in [5, 5.41) is 4.98. The number of carbonyl (C=O) groups is 1. The second-order valence-corrected chi connectivity index (χ2v) is 10.9. The normalized spacial score (nSPS) is 16.1. The van der Waals surface area contributed by atoms with Gasteiger partial charge in [-0.1, -0.05) is 6.58 Å². The molecule has 1 aromatic carbocycles. The fraction of sp³-hybridized carbons (Fsp3) is 0.414. The highest BCUT2D eigenvalue weighted by Crippen LogP contribution is 2.22. The van der Waals surface area contributed by atoms with Gasteiger partial charge in [0, 0.05) is 109 Å². The quantitative estimate of drug-likeness (QED) is 0.332. The number of piperazine rings is 2. The number of nitrogens with one attached hydrogen (secondary N) is 1. The minimum absolute atomic E-state index is 0.0372. The first-order valence-corrected chi connectivity index (χ1v) is 14.3. The van der Waals surface area contributed by atoms with Crippen LogP contribution in [0.25, 0.3) is 11.0 Å². The number of hydrogen-bond donors (Lipinski definition) is 1. The lowest BCUT2D eigenvalue weighted by molar-refractivity contribution is -0.127. The second kappa shape index (κ2) is 12.6. The molecule has 1 amide bonds. The lowest BCUT2D eigenvalue weighted by Crippen LogP contribution is -2.51. The zero-order valence-corrected chi connectivity index (χ0v) is 24.5. The topological polar surface area (TPSA) is 93.1 Å². The number of aromatic nitrogens is 3. The smallest absolute Gasteiger partial charge is 0.252 e. The van der Waals surface area contributed by atoms with Crippen LogP contribution in [0.15, 0.2) is 60.0 Å². The first-order chi connectivity index (χ1) is 19.8. The third-order valence-electron chi connectivity index (χ3n) is 7.64. The Labute approximate surface area is 245 Å². The zero-order chi connectivity index (χ0) is 28.9. The van der Waals surface area contributed by atoms with Crippen LogP contribution in [-0.2, 0) is 11.3 Å². The molecule has 0 aliphatic carbocycles. The molecule has 2 aromatic heterocycles. The van der Waals surface area contributed by atoms with E-state index in [1.54, 1.807) is 27.8 Å². The van der Waals surface area contributed by atoms with Crippen molar-refractivity contribution < 1.29 is 4.79 Å². The summed E-state index contributed by atoms with van der Waals surface area (Å²) in [6.07, 6.45) is 3.10. The number of amides is 1. The van der Waals surface area contributed by atoms with E-state index >= 15 is 0 Å². The van der Waals surface area contributed by atoms with Crippen molar-refractivity contribution in [3.8, 4) is 0 Å². The summed E-state index contributed by atoms with van der Waals surface area (Å²) >= 11 is 5.51. The molecule has 0 spiro atoms. The molecule has 12 heteroatoms.